The Morgan fingerprint density at radius 2 is 0.500 bits per heavy atom. The zero-order chi connectivity index (χ0) is 15.4. The van der Waals surface area contributed by atoms with Crippen molar-refractivity contribution in [3.8, 4) is 0 Å². The molecule has 0 aromatic rings. The second kappa shape index (κ2) is 754. The minimum atomic E-state index is 0. The van der Waals surface area contributed by atoms with Gasteiger partial charge in [0.2, 0.25) is 0 Å². The van der Waals surface area contributed by atoms with Gasteiger partial charge in [0.05, 0.1) is 0 Å². The first kappa shape index (κ1) is 62.7. The van der Waals surface area contributed by atoms with Gasteiger partial charge in [-0.2, -0.15) is 0 Å². The molecule has 10 heteroatoms. The molecule has 0 aliphatic heterocycles. The van der Waals surface area contributed by atoms with Gasteiger partial charge in [-0.3, -0.25) is 0 Å². The summed E-state index contributed by atoms with van der Waals surface area (Å²) >= 11 is 5.72. The molecule has 6 nitrogen and oxygen atoms in total. The molecule has 0 N–H and O–H groups in total. The van der Waals surface area contributed by atoms with Crippen molar-refractivity contribution in [2.45, 2.75) is 10.6 Å². The number of hydrogen-bond donors (Lipinski definition) is 0. The summed E-state index contributed by atoms with van der Waals surface area (Å²) in [5.74, 6) is 0. The average Bonchev–Trinajstić information content (AvgIpc) is 2.51. The first-order chi connectivity index (χ1) is 7.91. The van der Waals surface area contributed by atoms with E-state index in [2.05, 4.69) is 71.9 Å². The van der Waals surface area contributed by atoms with E-state index in [4.69, 9.17) is 27.9 Å². The summed E-state index contributed by atoms with van der Waals surface area (Å²) in [4.78, 5) is 0. The number of rotatable bonds is 1. The molecule has 0 atom stereocenters. The summed E-state index contributed by atoms with van der Waals surface area (Å²) in [6.07, 6.45) is 0. The molecule has 0 fully saturated rings. The Bertz CT molecular complexity index is 127. The van der Waals surface area contributed by atoms with E-state index in [1.165, 1.54) is 0 Å². The van der Waals surface area contributed by atoms with Gasteiger partial charge in [0, 0.05) is 34.1 Å². The van der Waals surface area contributed by atoms with Crippen LogP contribution in [0.5, 0.6) is 0 Å². The standard InChI is InChI=1S/C2H4Se2.6CO.2Fe/c3-1-2-4;6*1-2;;/h1-2H2;;;;;;;;. The van der Waals surface area contributed by atoms with Gasteiger partial charge in [-0.1, -0.05) is 0 Å². The molecule has 0 aromatic carbocycles. The molecule has 2 radical (unpaired) electrons. The summed E-state index contributed by atoms with van der Waals surface area (Å²) in [7, 11) is 0. The SMILES string of the molecule is [C-]#[O+].[C-]#[O+].[C-]#[O+].[C-]#[O+].[C-]#[O+].[C-]#[O+].[Fe].[Fe].[Se]CC[Se]. The van der Waals surface area contributed by atoms with Crippen molar-refractivity contribution >= 4 is 32.0 Å². The fourth-order valence-corrected chi connectivity index (χ4v) is 0. The van der Waals surface area contributed by atoms with Crippen molar-refractivity contribution in [3.05, 3.63) is 39.9 Å². The molecule has 0 amide bonds. The zero-order valence-corrected chi connectivity index (χ0v) is 14.0. The normalized spacial score (nSPS) is 2.33. The van der Waals surface area contributed by atoms with Crippen LogP contribution in [-0.2, 0) is 62.1 Å². The Kier molecular flexibility index (Phi) is 2630. The van der Waals surface area contributed by atoms with Crippen molar-refractivity contribution < 1.29 is 62.1 Å². The summed E-state index contributed by atoms with van der Waals surface area (Å²) in [5.41, 5.74) is 0. The summed E-state index contributed by atoms with van der Waals surface area (Å²) in [5, 5.41) is 2.28. The summed E-state index contributed by atoms with van der Waals surface area (Å²) in [6, 6.07) is 0. The predicted octanol–water partition coefficient (Wildman–Crippen LogP) is -0.0701. The molecule has 0 unspecified atom stereocenters. The van der Waals surface area contributed by atoms with Gasteiger partial charge in [-0.15, -0.1) is 0 Å². The molecule has 0 aliphatic rings. The van der Waals surface area contributed by atoms with Crippen LogP contribution in [-0.4, -0.2) is 32.0 Å². The first-order valence-electron chi connectivity index (χ1n) is 2.30. The number of hydrogen-bond acceptors (Lipinski definition) is 0. The van der Waals surface area contributed by atoms with Crippen LogP contribution in [0.25, 0.3) is 0 Å². The zero-order valence-electron chi connectivity index (χ0n) is 8.39. The molecular formula is C8H4Fe2O6Se2. The van der Waals surface area contributed by atoms with E-state index in [1.807, 2.05) is 0 Å². The van der Waals surface area contributed by atoms with Crippen molar-refractivity contribution in [2.24, 2.45) is 0 Å². The molecule has 0 aromatic heterocycles. The maximum absolute atomic E-state index is 7.50. The molecule has 18 heavy (non-hydrogen) atoms. The quantitative estimate of drug-likeness (QED) is 0.293. The topological polar surface area (TPSA) is 119 Å². The monoisotopic (exact) mass is 468 g/mol. The third-order valence-electron chi connectivity index (χ3n) is 0.0833. The van der Waals surface area contributed by atoms with Gasteiger partial charge in [-0.25, -0.2) is 0 Å². The van der Waals surface area contributed by atoms with E-state index in [9.17, 15) is 0 Å². The molecule has 0 saturated carbocycles. The molecule has 0 aliphatic carbocycles. The maximum atomic E-state index is 7.50. The summed E-state index contributed by atoms with van der Waals surface area (Å²) < 4.78 is 45.0. The second-order valence-electron chi connectivity index (χ2n) is 0.408. The second-order valence-corrected chi connectivity index (χ2v) is 2.12. The van der Waals surface area contributed by atoms with E-state index >= 15 is 0 Å². The molecule has 100 valence electrons. The van der Waals surface area contributed by atoms with Crippen LogP contribution in [0.3, 0.4) is 0 Å². The molecule has 0 saturated heterocycles. The molecule has 0 spiro atoms. The molecule has 0 bridgehead atoms. The Labute approximate surface area is 144 Å². The molecular weight excluding hydrogens is 462 g/mol. The fraction of sp³-hybridized carbons (Fsp3) is 0.250. The van der Waals surface area contributed by atoms with Crippen LogP contribution >= 0.6 is 0 Å². The first-order valence-corrected chi connectivity index (χ1v) is 4.72. The van der Waals surface area contributed by atoms with Crippen LogP contribution < -0.4 is 0 Å². The van der Waals surface area contributed by atoms with Gasteiger partial charge in [0.25, 0.3) is 0 Å². The van der Waals surface area contributed by atoms with Crippen LogP contribution in [0.4, 0.5) is 0 Å². The molecule has 0 heterocycles. The minimum absolute atomic E-state index is 0. The van der Waals surface area contributed by atoms with Crippen LogP contribution in [0.15, 0.2) is 0 Å². The van der Waals surface area contributed by atoms with Crippen molar-refractivity contribution in [2.75, 3.05) is 0 Å². The Morgan fingerprint density at radius 3 is 0.500 bits per heavy atom. The van der Waals surface area contributed by atoms with E-state index in [1.54, 1.807) is 0 Å². The van der Waals surface area contributed by atoms with Gasteiger partial charge in [0.1, 0.15) is 0 Å². The predicted molar refractivity (Wildman–Crippen MR) is 44.7 cm³/mol. The Hall–Kier alpha value is 0.518. The van der Waals surface area contributed by atoms with Crippen LogP contribution in [0.2, 0.25) is 10.6 Å². The summed E-state index contributed by atoms with van der Waals surface area (Å²) in [6.45, 7) is 27.0. The van der Waals surface area contributed by atoms with E-state index in [0.717, 1.165) is 10.6 Å². The Morgan fingerprint density at radius 1 is 0.444 bits per heavy atom. The third kappa shape index (κ3) is 1730. The van der Waals surface area contributed by atoms with Crippen LogP contribution in [0, 0.1) is 39.9 Å². The van der Waals surface area contributed by atoms with Crippen molar-refractivity contribution in [1.82, 2.24) is 0 Å². The Balaban J connectivity index is -0.00000000758. The van der Waals surface area contributed by atoms with E-state index < -0.39 is 0 Å². The third-order valence-corrected chi connectivity index (χ3v) is 2.25. The molecule has 0 rings (SSSR count). The van der Waals surface area contributed by atoms with Crippen molar-refractivity contribution in [3.63, 3.8) is 0 Å². The van der Waals surface area contributed by atoms with E-state index in [0.29, 0.717) is 0 Å². The van der Waals surface area contributed by atoms with Gasteiger partial charge in [0.15, 0.2) is 0 Å². The van der Waals surface area contributed by atoms with E-state index in [-0.39, 0.29) is 34.1 Å². The van der Waals surface area contributed by atoms with Gasteiger partial charge < -0.3 is 0 Å². The van der Waals surface area contributed by atoms with Crippen molar-refractivity contribution in [1.29, 1.82) is 0 Å². The fourth-order valence-electron chi connectivity index (χ4n) is 0. The average molecular weight is 466 g/mol. The van der Waals surface area contributed by atoms with Crippen LogP contribution in [0.1, 0.15) is 0 Å². The van der Waals surface area contributed by atoms with Gasteiger partial charge in [-0.05, 0) is 0 Å². The van der Waals surface area contributed by atoms with Gasteiger partial charge >= 0.3 is 110 Å².